The third-order valence-electron chi connectivity index (χ3n) is 3.88. The summed E-state index contributed by atoms with van der Waals surface area (Å²) in [4.78, 5) is 4.09. The van der Waals surface area contributed by atoms with Crippen molar-refractivity contribution in [3.05, 3.63) is 90.3 Å². The topological polar surface area (TPSA) is 22.1 Å². The van der Waals surface area contributed by atoms with Crippen LogP contribution in [0.5, 0.6) is 5.75 Å². The first-order valence-corrected chi connectivity index (χ1v) is 7.63. The van der Waals surface area contributed by atoms with Crippen molar-refractivity contribution in [1.29, 1.82) is 0 Å². The number of pyridine rings is 1. The number of hydrogen-bond acceptors (Lipinski definition) is 2. The van der Waals surface area contributed by atoms with Crippen molar-refractivity contribution < 1.29 is 4.74 Å². The van der Waals surface area contributed by atoms with E-state index in [1.54, 1.807) is 7.11 Å². The highest BCUT2D eigenvalue weighted by Crippen LogP contribution is 2.28. The second-order valence-corrected chi connectivity index (χ2v) is 5.25. The first kappa shape index (κ1) is 15.0. The molecule has 0 saturated carbocycles. The Morgan fingerprint density at radius 3 is 2.22 bits per heavy atom. The maximum Gasteiger partial charge on any atom is 0.119 e. The summed E-state index contributed by atoms with van der Waals surface area (Å²) in [7, 11) is 1.69. The van der Waals surface area contributed by atoms with E-state index in [9.17, 15) is 0 Å². The van der Waals surface area contributed by atoms with Gasteiger partial charge in [-0.15, -0.1) is 0 Å². The zero-order valence-electron chi connectivity index (χ0n) is 13.4. The Morgan fingerprint density at radius 1 is 0.870 bits per heavy atom. The molecule has 2 nitrogen and oxygen atoms in total. The van der Waals surface area contributed by atoms with Gasteiger partial charge in [0, 0.05) is 12.4 Å². The molecule has 114 valence electrons. The first-order valence-electron chi connectivity index (χ1n) is 7.63. The lowest BCUT2D eigenvalue weighted by molar-refractivity contribution is 0.415. The minimum absolute atomic E-state index is 0.873. The van der Waals surface area contributed by atoms with E-state index >= 15 is 0 Å². The average molecular weight is 301 g/mol. The van der Waals surface area contributed by atoms with Crippen LogP contribution in [0.2, 0.25) is 0 Å². The predicted molar refractivity (Wildman–Crippen MR) is 95.4 cm³/mol. The molecule has 0 saturated heterocycles. The van der Waals surface area contributed by atoms with Crippen LogP contribution in [0, 0.1) is 0 Å². The number of benzene rings is 2. The summed E-state index contributed by atoms with van der Waals surface area (Å²) < 4.78 is 5.30. The number of nitrogens with zero attached hydrogens (tertiary/aromatic N) is 1. The van der Waals surface area contributed by atoms with Gasteiger partial charge in [-0.2, -0.15) is 0 Å². The highest BCUT2D eigenvalue weighted by atomic mass is 16.5. The van der Waals surface area contributed by atoms with Crippen LogP contribution >= 0.6 is 0 Å². The van der Waals surface area contributed by atoms with Gasteiger partial charge >= 0.3 is 0 Å². The molecule has 0 atom stereocenters. The molecule has 0 fully saturated rings. The van der Waals surface area contributed by atoms with Crippen molar-refractivity contribution in [2.45, 2.75) is 6.92 Å². The fraction of sp³-hybridized carbons (Fsp3) is 0.0952. The van der Waals surface area contributed by atoms with Gasteiger partial charge in [0.25, 0.3) is 0 Å². The zero-order chi connectivity index (χ0) is 16.1. The molecule has 0 bridgehead atoms. The number of rotatable bonds is 4. The van der Waals surface area contributed by atoms with Gasteiger partial charge in [0.05, 0.1) is 7.11 Å². The number of ether oxygens (including phenoxy) is 1. The fourth-order valence-corrected chi connectivity index (χ4v) is 2.68. The minimum Gasteiger partial charge on any atom is -0.497 e. The Balaban J connectivity index is 1.92. The Hall–Kier alpha value is -2.87. The Bertz CT molecular complexity index is 805. The normalized spacial score (nSPS) is 11.3. The highest BCUT2D eigenvalue weighted by Gasteiger charge is 2.05. The van der Waals surface area contributed by atoms with E-state index in [0.29, 0.717) is 0 Å². The van der Waals surface area contributed by atoms with E-state index in [4.69, 9.17) is 4.74 Å². The van der Waals surface area contributed by atoms with Crippen LogP contribution in [0.1, 0.15) is 18.1 Å². The summed E-state index contributed by atoms with van der Waals surface area (Å²) in [6.07, 6.45) is 5.78. The third-order valence-corrected chi connectivity index (χ3v) is 3.88. The van der Waals surface area contributed by atoms with Crippen molar-refractivity contribution in [1.82, 2.24) is 4.98 Å². The van der Waals surface area contributed by atoms with Gasteiger partial charge < -0.3 is 4.74 Å². The zero-order valence-corrected chi connectivity index (χ0v) is 13.4. The molecule has 3 rings (SSSR count). The van der Waals surface area contributed by atoms with Gasteiger partial charge in [0.2, 0.25) is 0 Å². The molecular formula is C21H19NO. The second kappa shape index (κ2) is 6.93. The van der Waals surface area contributed by atoms with Crippen molar-refractivity contribution in [3.8, 4) is 16.9 Å². The number of hydrogen-bond donors (Lipinski definition) is 0. The highest BCUT2D eigenvalue weighted by molar-refractivity contribution is 5.80. The second-order valence-electron chi connectivity index (χ2n) is 5.25. The molecule has 2 heteroatoms. The van der Waals surface area contributed by atoms with Gasteiger partial charge in [-0.1, -0.05) is 42.5 Å². The lowest BCUT2D eigenvalue weighted by Crippen LogP contribution is -1.89. The van der Waals surface area contributed by atoms with E-state index < -0.39 is 0 Å². The summed E-state index contributed by atoms with van der Waals surface area (Å²) in [5, 5.41) is 0. The Morgan fingerprint density at radius 2 is 1.57 bits per heavy atom. The summed E-state index contributed by atoms with van der Waals surface area (Å²) in [5.41, 5.74) is 5.92. The largest absolute Gasteiger partial charge is 0.497 e. The maximum atomic E-state index is 5.30. The number of allylic oxidation sites excluding steroid dienone is 1. The quantitative estimate of drug-likeness (QED) is 0.660. The molecule has 0 radical (unpaired) electrons. The van der Waals surface area contributed by atoms with Crippen LogP contribution in [-0.2, 0) is 0 Å². The average Bonchev–Trinajstić information content (AvgIpc) is 2.64. The van der Waals surface area contributed by atoms with Crippen LogP contribution in [0.15, 0.2) is 79.1 Å². The molecule has 2 aromatic carbocycles. The SMILES string of the molecule is C/C=C(/c1ccncc1)c1ccc(-c2cccc(OC)c2)cc1. The summed E-state index contributed by atoms with van der Waals surface area (Å²) in [6, 6.07) is 20.8. The summed E-state index contributed by atoms with van der Waals surface area (Å²) in [5.74, 6) is 0.873. The van der Waals surface area contributed by atoms with E-state index in [2.05, 4.69) is 54.4 Å². The van der Waals surface area contributed by atoms with Crippen molar-refractivity contribution in [2.75, 3.05) is 7.11 Å². The smallest absolute Gasteiger partial charge is 0.119 e. The molecule has 23 heavy (non-hydrogen) atoms. The van der Waals surface area contributed by atoms with Crippen molar-refractivity contribution >= 4 is 5.57 Å². The van der Waals surface area contributed by atoms with Crippen LogP contribution < -0.4 is 4.74 Å². The predicted octanol–water partition coefficient (Wildman–Crippen LogP) is 5.21. The van der Waals surface area contributed by atoms with E-state index in [1.165, 1.54) is 22.3 Å². The van der Waals surface area contributed by atoms with E-state index in [0.717, 1.165) is 11.3 Å². The molecule has 0 N–H and O–H groups in total. The first-order chi connectivity index (χ1) is 11.3. The Kier molecular flexibility index (Phi) is 4.53. The van der Waals surface area contributed by atoms with E-state index in [-0.39, 0.29) is 0 Å². The monoisotopic (exact) mass is 301 g/mol. The van der Waals surface area contributed by atoms with Crippen LogP contribution in [0.3, 0.4) is 0 Å². The number of aromatic nitrogens is 1. The third kappa shape index (κ3) is 3.32. The summed E-state index contributed by atoms with van der Waals surface area (Å²) >= 11 is 0. The van der Waals surface area contributed by atoms with Gasteiger partial charge in [0.15, 0.2) is 0 Å². The maximum absolute atomic E-state index is 5.30. The van der Waals surface area contributed by atoms with Crippen LogP contribution in [0.4, 0.5) is 0 Å². The molecule has 0 aliphatic carbocycles. The number of methoxy groups -OCH3 is 1. The van der Waals surface area contributed by atoms with Crippen molar-refractivity contribution in [2.24, 2.45) is 0 Å². The molecule has 1 aromatic heterocycles. The molecule has 0 unspecified atom stereocenters. The molecule has 0 amide bonds. The standard InChI is InChI=1S/C21H19NO/c1-3-21(18-11-13-22-14-12-18)17-9-7-16(8-10-17)19-5-4-6-20(15-19)23-2/h3-15H,1-2H3/b21-3+. The van der Waals surface area contributed by atoms with Gasteiger partial charge in [-0.25, -0.2) is 0 Å². The molecule has 0 spiro atoms. The Labute approximate surface area is 137 Å². The van der Waals surface area contributed by atoms with Crippen LogP contribution in [-0.4, -0.2) is 12.1 Å². The fourth-order valence-electron chi connectivity index (χ4n) is 2.68. The summed E-state index contributed by atoms with van der Waals surface area (Å²) in [6.45, 7) is 2.06. The van der Waals surface area contributed by atoms with Crippen molar-refractivity contribution in [3.63, 3.8) is 0 Å². The van der Waals surface area contributed by atoms with Gasteiger partial charge in [-0.3, -0.25) is 4.98 Å². The van der Waals surface area contributed by atoms with Gasteiger partial charge in [-0.05, 0) is 59.0 Å². The molecule has 3 aromatic rings. The van der Waals surface area contributed by atoms with Crippen LogP contribution in [0.25, 0.3) is 16.7 Å². The molecule has 0 aliphatic rings. The van der Waals surface area contributed by atoms with Gasteiger partial charge in [0.1, 0.15) is 5.75 Å². The molecule has 0 aliphatic heterocycles. The molecular weight excluding hydrogens is 282 g/mol. The lowest BCUT2D eigenvalue weighted by Gasteiger charge is -2.09. The lowest BCUT2D eigenvalue weighted by atomic mass is 9.96. The molecule has 1 heterocycles. The van der Waals surface area contributed by atoms with E-state index in [1.807, 2.05) is 36.7 Å². The minimum atomic E-state index is 0.873.